The largest absolute Gasteiger partial charge is 0.462 e. The molecule has 1 rings (SSSR count). The lowest BCUT2D eigenvalue weighted by molar-refractivity contribution is -0.151. The van der Waals surface area contributed by atoms with Gasteiger partial charge in [0.25, 0.3) is 0 Å². The SMILES string of the molecule is C=C(CCN(CCCCCCCCC)CCCCCCCCC)C(CCCCCCCCC)CCC(=O)N1CCC(OC(=O)CC(=C)[C@H](CCCCCCCCC)CCCCCCCCCC)CC1. The lowest BCUT2D eigenvalue weighted by Crippen LogP contribution is -2.41. The highest BCUT2D eigenvalue weighted by Gasteiger charge is 2.27. The molecule has 0 bridgehead atoms. The number of ether oxygens (including phenoxy) is 1. The van der Waals surface area contributed by atoms with Crippen LogP contribution in [0.5, 0.6) is 0 Å². The summed E-state index contributed by atoms with van der Waals surface area (Å²) in [5, 5.41) is 0. The van der Waals surface area contributed by atoms with Crippen molar-refractivity contribution < 1.29 is 14.3 Å². The molecule has 0 aromatic rings. The zero-order valence-corrected chi connectivity index (χ0v) is 47.6. The number of carbonyl (C=O) groups excluding carboxylic acids is 2. The topological polar surface area (TPSA) is 49.9 Å². The van der Waals surface area contributed by atoms with Crippen LogP contribution in [0.3, 0.4) is 0 Å². The Hall–Kier alpha value is -1.62. The van der Waals surface area contributed by atoms with E-state index in [2.05, 4.69) is 51.0 Å². The predicted octanol–water partition coefficient (Wildman–Crippen LogP) is 20.0. The third-order valence-electron chi connectivity index (χ3n) is 15.9. The van der Waals surface area contributed by atoms with Crippen molar-refractivity contribution in [3.8, 4) is 0 Å². The van der Waals surface area contributed by atoms with Crippen LogP contribution in [-0.4, -0.2) is 60.5 Å². The van der Waals surface area contributed by atoms with E-state index in [-0.39, 0.29) is 18.0 Å². The van der Waals surface area contributed by atoms with Gasteiger partial charge in [0, 0.05) is 38.9 Å². The summed E-state index contributed by atoms with van der Waals surface area (Å²) in [4.78, 5) is 32.0. The second-order valence-corrected chi connectivity index (χ2v) is 22.4. The molecule has 1 fully saturated rings. The highest BCUT2D eigenvalue weighted by molar-refractivity contribution is 5.76. The molecule has 69 heavy (non-hydrogen) atoms. The van der Waals surface area contributed by atoms with Gasteiger partial charge < -0.3 is 14.5 Å². The van der Waals surface area contributed by atoms with Gasteiger partial charge in [-0.1, -0.05) is 277 Å². The van der Waals surface area contributed by atoms with Crippen LogP contribution in [0.2, 0.25) is 0 Å². The molecule has 0 radical (unpaired) electrons. The van der Waals surface area contributed by atoms with Crippen molar-refractivity contribution in [2.75, 3.05) is 32.7 Å². The van der Waals surface area contributed by atoms with Gasteiger partial charge in [-0.25, -0.2) is 0 Å². The summed E-state index contributed by atoms with van der Waals surface area (Å²) in [6, 6.07) is 0. The summed E-state index contributed by atoms with van der Waals surface area (Å²) in [6.07, 6.45) is 55.9. The summed E-state index contributed by atoms with van der Waals surface area (Å²) >= 11 is 0. The van der Waals surface area contributed by atoms with Gasteiger partial charge in [-0.3, -0.25) is 9.59 Å². The molecule has 0 saturated carbocycles. The van der Waals surface area contributed by atoms with E-state index in [1.54, 1.807) is 0 Å². The number of hydrogen-bond donors (Lipinski definition) is 0. The van der Waals surface area contributed by atoms with Crippen molar-refractivity contribution in [1.29, 1.82) is 0 Å². The second-order valence-electron chi connectivity index (χ2n) is 22.4. The monoisotopic (exact) mass is 967 g/mol. The van der Waals surface area contributed by atoms with Gasteiger partial charge in [-0.2, -0.15) is 0 Å². The molecule has 0 N–H and O–H groups in total. The zero-order valence-electron chi connectivity index (χ0n) is 47.6. The van der Waals surface area contributed by atoms with E-state index in [1.807, 2.05) is 0 Å². The van der Waals surface area contributed by atoms with Gasteiger partial charge in [-0.15, -0.1) is 0 Å². The highest BCUT2D eigenvalue weighted by Crippen LogP contribution is 2.30. The molecule has 0 aromatic carbocycles. The molecule has 0 aliphatic carbocycles. The van der Waals surface area contributed by atoms with Crippen LogP contribution in [-0.2, 0) is 14.3 Å². The number of unbranched alkanes of at least 4 members (excludes halogenated alkanes) is 31. The van der Waals surface area contributed by atoms with Crippen molar-refractivity contribution in [1.82, 2.24) is 9.80 Å². The van der Waals surface area contributed by atoms with Crippen LogP contribution in [0.4, 0.5) is 0 Å². The summed E-state index contributed by atoms with van der Waals surface area (Å²) in [5.74, 6) is 1.00. The molecule has 2 atom stereocenters. The van der Waals surface area contributed by atoms with Crippen molar-refractivity contribution in [3.05, 3.63) is 24.3 Å². The highest BCUT2D eigenvalue weighted by atomic mass is 16.5. The molecular formula is C64H122N2O3. The number of rotatable bonds is 52. The number of carbonyl (C=O) groups is 2. The first-order valence-corrected chi connectivity index (χ1v) is 31.3. The molecular weight excluding hydrogens is 845 g/mol. The number of amides is 1. The first-order chi connectivity index (χ1) is 33.8. The molecule has 1 heterocycles. The number of esters is 1. The average molecular weight is 968 g/mol. The van der Waals surface area contributed by atoms with Gasteiger partial charge in [0.05, 0.1) is 6.42 Å². The van der Waals surface area contributed by atoms with E-state index in [0.29, 0.717) is 37.8 Å². The summed E-state index contributed by atoms with van der Waals surface area (Å²) in [7, 11) is 0. The maximum atomic E-state index is 13.8. The minimum absolute atomic E-state index is 0.0986. The molecule has 1 aliphatic rings. The minimum Gasteiger partial charge on any atom is -0.462 e. The smallest absolute Gasteiger partial charge is 0.310 e. The Morgan fingerprint density at radius 2 is 0.768 bits per heavy atom. The Labute approximate surface area is 432 Å². The molecule has 5 nitrogen and oxygen atoms in total. The fraction of sp³-hybridized carbons (Fsp3) is 0.906. The van der Waals surface area contributed by atoms with Crippen molar-refractivity contribution >= 4 is 11.9 Å². The lowest BCUT2D eigenvalue weighted by Gasteiger charge is -2.32. The Balaban J connectivity index is 2.73. The van der Waals surface area contributed by atoms with Gasteiger partial charge >= 0.3 is 5.97 Å². The van der Waals surface area contributed by atoms with Gasteiger partial charge in [-0.05, 0) is 69.9 Å². The van der Waals surface area contributed by atoms with Gasteiger partial charge in [0.15, 0.2) is 0 Å². The molecule has 1 amide bonds. The fourth-order valence-electron chi connectivity index (χ4n) is 11.0. The van der Waals surface area contributed by atoms with Crippen molar-refractivity contribution in [2.45, 2.75) is 330 Å². The zero-order chi connectivity index (χ0) is 50.3. The van der Waals surface area contributed by atoms with Crippen LogP contribution in [0.25, 0.3) is 0 Å². The van der Waals surface area contributed by atoms with E-state index in [0.717, 1.165) is 57.1 Å². The van der Waals surface area contributed by atoms with E-state index in [4.69, 9.17) is 11.3 Å². The van der Waals surface area contributed by atoms with E-state index >= 15 is 0 Å². The third kappa shape index (κ3) is 38.6. The fourth-order valence-corrected chi connectivity index (χ4v) is 11.0. The van der Waals surface area contributed by atoms with Crippen LogP contribution in [0.1, 0.15) is 324 Å². The molecule has 1 unspecified atom stereocenters. The normalized spacial score (nSPS) is 14.1. The molecule has 0 aromatic heterocycles. The second kappa shape index (κ2) is 48.6. The number of piperidine rings is 1. The Bertz CT molecular complexity index is 1160. The number of hydrogen-bond acceptors (Lipinski definition) is 4. The van der Waals surface area contributed by atoms with Crippen molar-refractivity contribution in [3.63, 3.8) is 0 Å². The predicted molar refractivity (Wildman–Crippen MR) is 304 cm³/mol. The average Bonchev–Trinajstić information content (AvgIpc) is 3.35. The standard InChI is InChI=1S/C64H122N2O3/c1-8-13-18-23-28-31-36-40-45-60(44-39-34-29-24-19-14-9-2)59(7)57-64(68)69-62-50-55-66(56-51-62)63(67)48-47-61(46-41-35-30-25-20-15-10-3)58(6)49-54-65(52-42-37-32-26-21-16-11-4)53-43-38-33-27-22-17-12-5/h60-62H,6-57H2,1-5H3/t60-,61?/m1/s1. The van der Waals surface area contributed by atoms with Crippen LogP contribution in [0.15, 0.2) is 24.3 Å². The first kappa shape index (κ1) is 65.4. The maximum absolute atomic E-state index is 13.8. The molecule has 5 heteroatoms. The van der Waals surface area contributed by atoms with E-state index < -0.39 is 0 Å². The third-order valence-corrected chi connectivity index (χ3v) is 15.9. The molecule has 1 saturated heterocycles. The first-order valence-electron chi connectivity index (χ1n) is 31.3. The summed E-state index contributed by atoms with van der Waals surface area (Å²) < 4.78 is 6.12. The minimum atomic E-state index is -0.111. The lowest BCUT2D eigenvalue weighted by atomic mass is 9.87. The Morgan fingerprint density at radius 3 is 1.14 bits per heavy atom. The van der Waals surface area contributed by atoms with Crippen molar-refractivity contribution in [2.24, 2.45) is 11.8 Å². The van der Waals surface area contributed by atoms with E-state index in [9.17, 15) is 9.59 Å². The number of nitrogens with zero attached hydrogens (tertiary/aromatic N) is 2. The number of likely N-dealkylation sites (tertiary alicyclic amines) is 1. The van der Waals surface area contributed by atoms with Gasteiger partial charge in [0.2, 0.25) is 5.91 Å². The molecule has 406 valence electrons. The van der Waals surface area contributed by atoms with Crippen LogP contribution in [0, 0.1) is 11.8 Å². The van der Waals surface area contributed by atoms with Gasteiger partial charge in [0.1, 0.15) is 6.10 Å². The Morgan fingerprint density at radius 1 is 0.435 bits per heavy atom. The quantitative estimate of drug-likeness (QED) is 0.0346. The van der Waals surface area contributed by atoms with Crippen LogP contribution < -0.4 is 0 Å². The van der Waals surface area contributed by atoms with Crippen LogP contribution >= 0.6 is 0 Å². The molecule has 0 spiro atoms. The summed E-state index contributed by atoms with van der Waals surface area (Å²) in [5.41, 5.74) is 2.47. The Kier molecular flexibility index (Phi) is 46.1. The summed E-state index contributed by atoms with van der Waals surface area (Å²) in [6.45, 7) is 25.7. The maximum Gasteiger partial charge on any atom is 0.310 e. The van der Waals surface area contributed by atoms with E-state index in [1.165, 1.54) is 250 Å². The molecule has 1 aliphatic heterocycles.